The Balaban J connectivity index is 2.41. The van der Waals surface area contributed by atoms with Gasteiger partial charge in [0.25, 0.3) is 0 Å². The molecule has 1 aromatic rings. The molecule has 1 heterocycles. The van der Waals surface area contributed by atoms with Gasteiger partial charge < -0.3 is 5.11 Å². The highest BCUT2D eigenvalue weighted by Gasteiger charge is 2.43. The highest BCUT2D eigenvalue weighted by atomic mass is 19.2. The first kappa shape index (κ1) is 15.8. The van der Waals surface area contributed by atoms with Crippen LogP contribution in [0.3, 0.4) is 0 Å². The van der Waals surface area contributed by atoms with Crippen molar-refractivity contribution in [1.29, 1.82) is 0 Å². The Morgan fingerprint density at radius 2 is 1.71 bits per heavy atom. The average molecular weight is 301 g/mol. The summed E-state index contributed by atoms with van der Waals surface area (Å²) in [6, 6.07) is 1.25. The molecule has 1 fully saturated rings. The number of halogens is 3. The van der Waals surface area contributed by atoms with E-state index in [1.54, 1.807) is 0 Å². The van der Waals surface area contributed by atoms with E-state index < -0.39 is 35.3 Å². The average Bonchev–Trinajstić information content (AvgIpc) is 2.78. The highest BCUT2D eigenvalue weighted by Crippen LogP contribution is 2.37. The number of aliphatic carboxylic acids is 1. The molecular weight excluding hydrogens is 283 g/mol. The zero-order valence-electron chi connectivity index (χ0n) is 12.2. The first-order valence-corrected chi connectivity index (χ1v) is 6.73. The fourth-order valence-electron chi connectivity index (χ4n) is 2.74. The third-order valence-corrected chi connectivity index (χ3v) is 4.02. The lowest BCUT2D eigenvalue weighted by Gasteiger charge is -2.31. The number of benzene rings is 1. The van der Waals surface area contributed by atoms with Crippen molar-refractivity contribution in [1.82, 2.24) is 4.90 Å². The van der Waals surface area contributed by atoms with Gasteiger partial charge in [0.15, 0.2) is 11.6 Å². The molecule has 1 aliphatic rings. The predicted molar refractivity (Wildman–Crippen MR) is 71.5 cm³/mol. The van der Waals surface area contributed by atoms with E-state index in [0.717, 1.165) is 6.07 Å². The van der Waals surface area contributed by atoms with Gasteiger partial charge in [0.1, 0.15) is 5.82 Å². The Hall–Kier alpha value is -1.56. The molecule has 1 N–H and O–H groups in total. The molecule has 0 unspecified atom stereocenters. The molecule has 2 rings (SSSR count). The zero-order valence-corrected chi connectivity index (χ0v) is 12.2. The summed E-state index contributed by atoms with van der Waals surface area (Å²) in [6.45, 7) is 6.33. The quantitative estimate of drug-likeness (QED) is 0.854. The molecule has 0 amide bonds. The lowest BCUT2D eigenvalue weighted by Crippen LogP contribution is -2.40. The van der Waals surface area contributed by atoms with Crippen LogP contribution in [0.2, 0.25) is 0 Å². The van der Waals surface area contributed by atoms with Crippen LogP contribution in [0.4, 0.5) is 13.2 Å². The second kappa shape index (κ2) is 5.33. The zero-order chi connectivity index (χ0) is 15.9. The summed E-state index contributed by atoms with van der Waals surface area (Å²) in [6.07, 6.45) is 0. The van der Waals surface area contributed by atoms with Crippen molar-refractivity contribution < 1.29 is 23.1 Å². The minimum atomic E-state index is -1.27. The smallest absolute Gasteiger partial charge is 0.308 e. The number of hydrogen-bond donors (Lipinski definition) is 1. The van der Waals surface area contributed by atoms with Gasteiger partial charge in [-0.15, -0.1) is 0 Å². The van der Waals surface area contributed by atoms with Crippen LogP contribution >= 0.6 is 0 Å². The largest absolute Gasteiger partial charge is 0.481 e. The topological polar surface area (TPSA) is 40.5 Å². The number of carboxylic acid groups (broad SMARTS) is 1. The van der Waals surface area contributed by atoms with Crippen LogP contribution in [0.25, 0.3) is 0 Å². The Kier molecular flexibility index (Phi) is 4.02. The second-order valence-corrected chi connectivity index (χ2v) is 6.41. The molecule has 0 bridgehead atoms. The van der Waals surface area contributed by atoms with E-state index in [1.165, 1.54) is 0 Å². The molecule has 0 spiro atoms. The van der Waals surface area contributed by atoms with Gasteiger partial charge in [-0.3, -0.25) is 9.69 Å². The molecule has 21 heavy (non-hydrogen) atoms. The monoisotopic (exact) mass is 301 g/mol. The molecule has 1 saturated heterocycles. The molecule has 116 valence electrons. The number of rotatable bonds is 2. The van der Waals surface area contributed by atoms with E-state index in [4.69, 9.17) is 0 Å². The van der Waals surface area contributed by atoms with Gasteiger partial charge in [-0.05, 0) is 32.4 Å². The van der Waals surface area contributed by atoms with Crippen molar-refractivity contribution in [3.63, 3.8) is 0 Å². The van der Waals surface area contributed by atoms with Crippen LogP contribution in [-0.4, -0.2) is 34.6 Å². The lowest BCUT2D eigenvalue weighted by atomic mass is 9.88. The van der Waals surface area contributed by atoms with Crippen molar-refractivity contribution in [2.24, 2.45) is 5.92 Å². The fourth-order valence-corrected chi connectivity index (χ4v) is 2.74. The minimum Gasteiger partial charge on any atom is -0.481 e. The van der Waals surface area contributed by atoms with E-state index >= 15 is 0 Å². The summed E-state index contributed by atoms with van der Waals surface area (Å²) in [5.74, 6) is -5.93. The maximum atomic E-state index is 13.9. The van der Waals surface area contributed by atoms with E-state index in [2.05, 4.69) is 0 Å². The van der Waals surface area contributed by atoms with E-state index in [-0.39, 0.29) is 17.6 Å². The van der Waals surface area contributed by atoms with Gasteiger partial charge in [0.05, 0.1) is 5.92 Å². The number of likely N-dealkylation sites (tertiary alicyclic amines) is 1. The van der Waals surface area contributed by atoms with Gasteiger partial charge in [0, 0.05) is 30.6 Å². The van der Waals surface area contributed by atoms with Crippen LogP contribution in [-0.2, 0) is 4.79 Å². The molecule has 0 radical (unpaired) electrons. The maximum Gasteiger partial charge on any atom is 0.308 e. The van der Waals surface area contributed by atoms with Crippen molar-refractivity contribution in [2.75, 3.05) is 13.1 Å². The van der Waals surface area contributed by atoms with Gasteiger partial charge >= 0.3 is 5.97 Å². The first-order chi connectivity index (χ1) is 9.61. The van der Waals surface area contributed by atoms with Gasteiger partial charge in [-0.25, -0.2) is 13.2 Å². The van der Waals surface area contributed by atoms with Crippen molar-refractivity contribution >= 4 is 5.97 Å². The lowest BCUT2D eigenvalue weighted by molar-refractivity contribution is -0.141. The summed E-state index contributed by atoms with van der Waals surface area (Å²) in [7, 11) is 0. The second-order valence-electron chi connectivity index (χ2n) is 6.41. The number of nitrogens with zero attached hydrogens (tertiary/aromatic N) is 1. The summed E-state index contributed by atoms with van der Waals surface area (Å²) < 4.78 is 40.3. The van der Waals surface area contributed by atoms with Crippen LogP contribution in [0, 0.1) is 23.4 Å². The van der Waals surface area contributed by atoms with Crippen molar-refractivity contribution in [2.45, 2.75) is 32.2 Å². The molecule has 1 aliphatic heterocycles. The van der Waals surface area contributed by atoms with Crippen LogP contribution in [0.5, 0.6) is 0 Å². The van der Waals surface area contributed by atoms with Gasteiger partial charge in [-0.2, -0.15) is 0 Å². The van der Waals surface area contributed by atoms with E-state index in [1.807, 2.05) is 25.7 Å². The minimum absolute atomic E-state index is 0.0759. The summed E-state index contributed by atoms with van der Waals surface area (Å²) in [5.41, 5.74) is -0.356. The Morgan fingerprint density at radius 3 is 2.24 bits per heavy atom. The fraction of sp³-hybridized carbons (Fsp3) is 0.533. The number of carboxylic acids is 1. The first-order valence-electron chi connectivity index (χ1n) is 6.73. The van der Waals surface area contributed by atoms with Gasteiger partial charge in [0.2, 0.25) is 0 Å². The van der Waals surface area contributed by atoms with Gasteiger partial charge in [-0.1, -0.05) is 0 Å². The summed E-state index contributed by atoms with van der Waals surface area (Å²) in [4.78, 5) is 13.3. The molecule has 0 saturated carbocycles. The third-order valence-electron chi connectivity index (χ3n) is 4.02. The van der Waals surface area contributed by atoms with Crippen LogP contribution < -0.4 is 0 Å². The summed E-state index contributed by atoms with van der Waals surface area (Å²) >= 11 is 0. The normalized spacial score (nSPS) is 23.5. The van der Waals surface area contributed by atoms with Crippen LogP contribution in [0.15, 0.2) is 12.1 Å². The Bertz CT molecular complexity index is 569. The Morgan fingerprint density at radius 1 is 1.14 bits per heavy atom. The number of carbonyl (C=O) groups is 1. The molecule has 1 aromatic carbocycles. The third kappa shape index (κ3) is 3.05. The summed E-state index contributed by atoms with van der Waals surface area (Å²) in [5, 5.41) is 9.33. The van der Waals surface area contributed by atoms with Crippen molar-refractivity contribution in [3.8, 4) is 0 Å². The molecular formula is C15H18F3NO2. The van der Waals surface area contributed by atoms with E-state index in [9.17, 15) is 23.1 Å². The highest BCUT2D eigenvalue weighted by molar-refractivity contribution is 5.72. The van der Waals surface area contributed by atoms with Crippen LogP contribution in [0.1, 0.15) is 32.3 Å². The molecule has 6 heteroatoms. The molecule has 3 nitrogen and oxygen atoms in total. The van der Waals surface area contributed by atoms with E-state index in [0.29, 0.717) is 12.6 Å². The molecule has 0 aliphatic carbocycles. The predicted octanol–water partition coefficient (Wildman–Crippen LogP) is 3.00. The maximum absolute atomic E-state index is 13.9. The number of hydrogen-bond acceptors (Lipinski definition) is 2. The SMILES string of the molecule is CC(C)(C)N1C[C@@H](C(=O)O)[C@H](c2cc(F)c(F)cc2F)C1. The van der Waals surface area contributed by atoms with Crippen molar-refractivity contribution in [3.05, 3.63) is 35.1 Å². The molecule has 0 aromatic heterocycles. The Labute approximate surface area is 121 Å². The molecule has 2 atom stereocenters. The standard InChI is InChI=1S/C15H18F3NO2/c1-15(2,3)19-6-9(10(7-19)14(20)21)8-4-12(17)13(18)5-11(8)16/h4-5,9-10H,6-7H2,1-3H3,(H,20,21)/t9-,10+/m0/s1.